The molecule has 1 fully saturated rings. The molecule has 1 N–H and O–H groups in total. The van der Waals surface area contributed by atoms with Gasteiger partial charge in [0.15, 0.2) is 0 Å². The Morgan fingerprint density at radius 2 is 1.55 bits per heavy atom. The Labute approximate surface area is 63.2 Å². The molecule has 1 aliphatic carbocycles. The summed E-state index contributed by atoms with van der Waals surface area (Å²) < 4.78 is 53.8. The van der Waals surface area contributed by atoms with Gasteiger partial charge in [0, 0.05) is 12.8 Å². The van der Waals surface area contributed by atoms with Crippen molar-refractivity contribution in [2.45, 2.75) is 30.4 Å². The molecular formula is C5H8F2O3S. The van der Waals surface area contributed by atoms with Crippen LogP contribution in [0.25, 0.3) is 0 Å². The third-order valence-corrected chi connectivity index (χ3v) is 3.02. The molecule has 0 bridgehead atoms. The number of alkyl halides is 2. The molecule has 11 heavy (non-hydrogen) atoms. The topological polar surface area (TPSA) is 54.4 Å². The fourth-order valence-electron chi connectivity index (χ4n) is 1.14. The summed E-state index contributed by atoms with van der Waals surface area (Å²) in [6, 6.07) is 0. The lowest BCUT2D eigenvalue weighted by atomic mass is 10.3. The highest BCUT2D eigenvalue weighted by atomic mass is 32.2. The van der Waals surface area contributed by atoms with Crippen molar-refractivity contribution in [2.75, 3.05) is 0 Å². The Hall–Kier alpha value is -0.230. The minimum Gasteiger partial charge on any atom is -0.285 e. The van der Waals surface area contributed by atoms with Crippen molar-refractivity contribution < 1.29 is 21.8 Å². The third kappa shape index (κ3) is 1.87. The van der Waals surface area contributed by atoms with Crippen molar-refractivity contribution in [3.8, 4) is 0 Å². The number of rotatable bonds is 1. The van der Waals surface area contributed by atoms with Crippen molar-refractivity contribution in [1.82, 2.24) is 0 Å². The van der Waals surface area contributed by atoms with Crippen LogP contribution < -0.4 is 0 Å². The molecule has 0 amide bonds. The Bertz CT molecular complexity index is 228. The average Bonchev–Trinajstić information content (AvgIpc) is 2.11. The molecule has 1 rings (SSSR count). The summed E-state index contributed by atoms with van der Waals surface area (Å²) in [6.07, 6.45) is -4.36. The molecule has 1 saturated carbocycles. The first kappa shape index (κ1) is 8.86. The molecule has 0 saturated heterocycles. The zero-order valence-corrected chi connectivity index (χ0v) is 6.39. The van der Waals surface area contributed by atoms with Crippen LogP contribution in [0.5, 0.6) is 0 Å². The maximum Gasteiger partial charge on any atom is 0.267 e. The number of halogens is 2. The molecule has 66 valence electrons. The molecule has 0 aromatic rings. The zero-order valence-electron chi connectivity index (χ0n) is 5.57. The zero-order chi connectivity index (χ0) is 8.65. The average molecular weight is 186 g/mol. The summed E-state index contributed by atoms with van der Waals surface area (Å²) in [4.78, 5) is 0. The van der Waals surface area contributed by atoms with Crippen molar-refractivity contribution in [1.29, 1.82) is 0 Å². The van der Waals surface area contributed by atoms with Gasteiger partial charge in [-0.15, -0.1) is 0 Å². The lowest BCUT2D eigenvalue weighted by molar-refractivity contribution is 0.199. The van der Waals surface area contributed by atoms with Gasteiger partial charge in [-0.25, -0.2) is 8.78 Å². The summed E-state index contributed by atoms with van der Waals surface area (Å²) in [5, 5.41) is -1.26. The maximum atomic E-state index is 12.3. The number of hydrogen-bond acceptors (Lipinski definition) is 2. The van der Waals surface area contributed by atoms with E-state index >= 15 is 0 Å². The molecule has 2 unspecified atom stereocenters. The summed E-state index contributed by atoms with van der Waals surface area (Å²) in [5.41, 5.74) is 0. The number of hydrogen-bond donors (Lipinski definition) is 1. The van der Waals surface area contributed by atoms with E-state index < -0.39 is 40.6 Å². The van der Waals surface area contributed by atoms with E-state index in [1.807, 2.05) is 0 Å². The third-order valence-electron chi connectivity index (χ3n) is 1.79. The molecule has 0 heterocycles. The first-order chi connectivity index (χ1) is 4.91. The van der Waals surface area contributed by atoms with Gasteiger partial charge in [0.1, 0.15) is 12.3 Å². The first-order valence-electron chi connectivity index (χ1n) is 3.15. The first-order valence-corrected chi connectivity index (χ1v) is 4.66. The monoisotopic (exact) mass is 186 g/mol. The molecule has 0 aromatic heterocycles. The molecule has 0 spiro atoms. The van der Waals surface area contributed by atoms with Crippen LogP contribution in [0.3, 0.4) is 0 Å². The molecule has 3 nitrogen and oxygen atoms in total. The largest absolute Gasteiger partial charge is 0.285 e. The van der Waals surface area contributed by atoms with Crippen molar-refractivity contribution in [3.05, 3.63) is 0 Å². The highest BCUT2D eigenvalue weighted by Gasteiger charge is 2.40. The van der Waals surface area contributed by atoms with E-state index in [0.717, 1.165) is 0 Å². The molecule has 1 aliphatic rings. The SMILES string of the molecule is O=S(=O)(O)C1CC(F)C(F)C1. The van der Waals surface area contributed by atoms with E-state index in [-0.39, 0.29) is 0 Å². The fraction of sp³-hybridized carbons (Fsp3) is 1.00. The lowest BCUT2D eigenvalue weighted by Crippen LogP contribution is -2.17. The van der Waals surface area contributed by atoms with Gasteiger partial charge in [-0.1, -0.05) is 0 Å². The van der Waals surface area contributed by atoms with E-state index in [4.69, 9.17) is 4.55 Å². The predicted octanol–water partition coefficient (Wildman–Crippen LogP) is 0.713. The lowest BCUT2D eigenvalue weighted by Gasteiger charge is -2.01. The molecule has 0 aromatic carbocycles. The minimum absolute atomic E-state index is 0.431. The van der Waals surface area contributed by atoms with Crippen LogP contribution in [0.15, 0.2) is 0 Å². The molecule has 2 atom stereocenters. The van der Waals surface area contributed by atoms with E-state index in [1.54, 1.807) is 0 Å². The van der Waals surface area contributed by atoms with Gasteiger partial charge in [-0.05, 0) is 0 Å². The quantitative estimate of drug-likeness (QED) is 0.613. The second-order valence-corrected chi connectivity index (χ2v) is 4.34. The highest BCUT2D eigenvalue weighted by Crippen LogP contribution is 2.29. The fourth-order valence-corrected chi connectivity index (χ4v) is 1.99. The van der Waals surface area contributed by atoms with Crippen LogP contribution in [-0.4, -0.2) is 30.6 Å². The minimum atomic E-state index is -4.25. The smallest absolute Gasteiger partial charge is 0.267 e. The van der Waals surface area contributed by atoms with Crippen molar-refractivity contribution in [2.24, 2.45) is 0 Å². The summed E-state index contributed by atoms with van der Waals surface area (Å²) in [6.45, 7) is 0. The highest BCUT2D eigenvalue weighted by molar-refractivity contribution is 7.86. The van der Waals surface area contributed by atoms with E-state index in [1.165, 1.54) is 0 Å². The normalized spacial score (nSPS) is 39.4. The van der Waals surface area contributed by atoms with Gasteiger partial charge in [-0.3, -0.25) is 4.55 Å². The van der Waals surface area contributed by atoms with Crippen LogP contribution in [0.1, 0.15) is 12.8 Å². The molecule has 6 heteroatoms. The second kappa shape index (κ2) is 2.67. The Balaban J connectivity index is 2.69. The molecule has 0 radical (unpaired) electrons. The van der Waals surface area contributed by atoms with E-state index in [0.29, 0.717) is 0 Å². The van der Waals surface area contributed by atoms with E-state index in [2.05, 4.69) is 0 Å². The Morgan fingerprint density at radius 3 is 1.73 bits per heavy atom. The molecule has 0 aliphatic heterocycles. The van der Waals surface area contributed by atoms with Gasteiger partial charge in [-0.2, -0.15) is 8.42 Å². The van der Waals surface area contributed by atoms with Gasteiger partial charge in [0.2, 0.25) is 0 Å². The summed E-state index contributed by atoms with van der Waals surface area (Å²) in [7, 11) is -4.25. The van der Waals surface area contributed by atoms with Crippen molar-refractivity contribution in [3.63, 3.8) is 0 Å². The van der Waals surface area contributed by atoms with Gasteiger partial charge in [0.05, 0.1) is 5.25 Å². The van der Waals surface area contributed by atoms with Crippen LogP contribution in [0.2, 0.25) is 0 Å². The van der Waals surface area contributed by atoms with Crippen LogP contribution in [0, 0.1) is 0 Å². The van der Waals surface area contributed by atoms with Crippen LogP contribution in [-0.2, 0) is 10.1 Å². The molecular weight excluding hydrogens is 178 g/mol. The second-order valence-electron chi connectivity index (χ2n) is 2.64. The Kier molecular flexibility index (Phi) is 2.15. The van der Waals surface area contributed by atoms with Gasteiger partial charge < -0.3 is 0 Å². The van der Waals surface area contributed by atoms with Gasteiger partial charge in [0.25, 0.3) is 10.1 Å². The standard InChI is InChI=1S/C5H8F2O3S/c6-4-1-3(2-5(4)7)11(8,9)10/h3-5H,1-2H2,(H,8,9,10). The van der Waals surface area contributed by atoms with Crippen LogP contribution >= 0.6 is 0 Å². The maximum absolute atomic E-state index is 12.3. The Morgan fingerprint density at radius 1 is 1.18 bits per heavy atom. The van der Waals surface area contributed by atoms with Gasteiger partial charge >= 0.3 is 0 Å². The van der Waals surface area contributed by atoms with Crippen LogP contribution in [0.4, 0.5) is 8.78 Å². The summed E-state index contributed by atoms with van der Waals surface area (Å²) in [5.74, 6) is 0. The van der Waals surface area contributed by atoms with Crippen molar-refractivity contribution >= 4 is 10.1 Å². The predicted molar refractivity (Wildman–Crippen MR) is 34.4 cm³/mol. The summed E-state index contributed by atoms with van der Waals surface area (Å²) >= 11 is 0. The van der Waals surface area contributed by atoms with E-state index in [9.17, 15) is 17.2 Å².